The minimum absolute atomic E-state index is 0.362. The largest absolute Gasteiger partial charge is 0.387 e. The summed E-state index contributed by atoms with van der Waals surface area (Å²) >= 11 is 0. The lowest BCUT2D eigenvalue weighted by Gasteiger charge is -2.15. The summed E-state index contributed by atoms with van der Waals surface area (Å²) in [4.78, 5) is 11.9. The van der Waals surface area contributed by atoms with Crippen molar-refractivity contribution >= 4 is 5.78 Å². The molecule has 1 heterocycles. The third kappa shape index (κ3) is 9.51. The molecule has 0 saturated carbocycles. The van der Waals surface area contributed by atoms with E-state index in [1.165, 1.54) is 71.1 Å². The molecular weight excluding hydrogens is 344 g/mol. The molecule has 0 amide bonds. The Labute approximate surface area is 165 Å². The van der Waals surface area contributed by atoms with Gasteiger partial charge >= 0.3 is 0 Å². The normalized spacial score (nSPS) is 26.4. The van der Waals surface area contributed by atoms with Crippen LogP contribution in [0.1, 0.15) is 97.8 Å². The number of hydrogen-bond acceptors (Lipinski definition) is 5. The minimum atomic E-state index is -1.08. The molecular formula is C22H42O5. The summed E-state index contributed by atoms with van der Waals surface area (Å²) in [5, 5.41) is 19.6. The highest BCUT2D eigenvalue weighted by atomic mass is 16.7. The van der Waals surface area contributed by atoms with Crippen LogP contribution in [0.2, 0.25) is 0 Å². The van der Waals surface area contributed by atoms with Crippen molar-refractivity contribution in [2.24, 2.45) is 5.92 Å². The Bertz CT molecular complexity index is 385. The molecule has 5 unspecified atom stereocenters. The van der Waals surface area contributed by atoms with Crippen molar-refractivity contribution in [1.29, 1.82) is 0 Å². The Kier molecular flexibility index (Phi) is 13.2. The molecule has 0 aromatic carbocycles. The number of aliphatic hydroxyl groups is 2. The zero-order valence-corrected chi connectivity index (χ0v) is 17.7. The Hall–Kier alpha value is -0.490. The van der Waals surface area contributed by atoms with E-state index in [2.05, 4.69) is 6.92 Å². The highest BCUT2D eigenvalue weighted by Gasteiger charge is 2.45. The van der Waals surface area contributed by atoms with Crippen LogP contribution in [0.25, 0.3) is 0 Å². The maximum absolute atomic E-state index is 11.9. The molecule has 0 radical (unpaired) electrons. The number of carbonyl (C=O) groups excluding carboxylic acids is 1. The molecule has 0 spiro atoms. The number of ether oxygens (including phenoxy) is 2. The van der Waals surface area contributed by atoms with Crippen molar-refractivity contribution in [2.75, 3.05) is 6.61 Å². The van der Waals surface area contributed by atoms with E-state index < -0.39 is 30.4 Å². The van der Waals surface area contributed by atoms with Gasteiger partial charge in [-0.05, 0) is 13.3 Å². The summed E-state index contributed by atoms with van der Waals surface area (Å²) in [6, 6.07) is 0. The van der Waals surface area contributed by atoms with Crippen molar-refractivity contribution in [3.8, 4) is 0 Å². The maximum atomic E-state index is 11.9. The molecule has 0 bridgehead atoms. The third-order valence-corrected chi connectivity index (χ3v) is 5.55. The highest BCUT2D eigenvalue weighted by Crippen LogP contribution is 2.29. The van der Waals surface area contributed by atoms with Crippen molar-refractivity contribution in [1.82, 2.24) is 0 Å². The Morgan fingerprint density at radius 3 is 1.93 bits per heavy atom. The van der Waals surface area contributed by atoms with E-state index in [4.69, 9.17) is 9.47 Å². The van der Waals surface area contributed by atoms with E-state index in [0.29, 0.717) is 6.61 Å². The number of aliphatic hydroxyl groups excluding tert-OH is 2. The van der Waals surface area contributed by atoms with Crippen molar-refractivity contribution in [3.05, 3.63) is 0 Å². The van der Waals surface area contributed by atoms with Crippen LogP contribution in [0.15, 0.2) is 0 Å². The molecule has 0 aromatic heterocycles. The smallest absolute Gasteiger partial charge is 0.190 e. The van der Waals surface area contributed by atoms with Gasteiger partial charge < -0.3 is 19.7 Å². The van der Waals surface area contributed by atoms with Gasteiger partial charge in [-0.1, -0.05) is 84.5 Å². The summed E-state index contributed by atoms with van der Waals surface area (Å²) in [5.74, 6) is -0.753. The molecule has 1 aliphatic heterocycles. The molecule has 0 aromatic rings. The van der Waals surface area contributed by atoms with Gasteiger partial charge in [-0.2, -0.15) is 0 Å². The van der Waals surface area contributed by atoms with Crippen LogP contribution in [0.5, 0.6) is 0 Å². The predicted molar refractivity (Wildman–Crippen MR) is 108 cm³/mol. The standard InChI is InChI=1S/C22H42O5/c1-4-5-6-7-8-9-10-11-12-13-14-15-16-26-22-19(24)17(2)21(27-22)20(25)18(3)23/h17-19,21-24H,4-16H2,1-3H3. The fourth-order valence-corrected chi connectivity index (χ4v) is 3.62. The maximum Gasteiger partial charge on any atom is 0.190 e. The second-order valence-electron chi connectivity index (χ2n) is 8.11. The van der Waals surface area contributed by atoms with Crippen LogP contribution in [0, 0.1) is 5.92 Å². The van der Waals surface area contributed by atoms with E-state index in [0.717, 1.165) is 12.8 Å². The van der Waals surface area contributed by atoms with Crippen molar-refractivity contribution in [3.63, 3.8) is 0 Å². The number of Topliss-reactive ketones (excluding diaryl/α,β-unsaturated/α-hetero) is 1. The number of hydrogen-bond donors (Lipinski definition) is 2. The highest BCUT2D eigenvalue weighted by molar-refractivity contribution is 5.87. The van der Waals surface area contributed by atoms with Gasteiger partial charge in [0.25, 0.3) is 0 Å². The zero-order chi connectivity index (χ0) is 20.1. The topological polar surface area (TPSA) is 76.0 Å². The molecule has 1 aliphatic rings. The molecule has 27 heavy (non-hydrogen) atoms. The fraction of sp³-hybridized carbons (Fsp3) is 0.955. The summed E-state index contributed by atoms with van der Waals surface area (Å²) in [6.07, 6.45) is 12.0. The first kappa shape index (κ1) is 24.5. The monoisotopic (exact) mass is 386 g/mol. The summed E-state index contributed by atoms with van der Waals surface area (Å²) in [6.45, 7) is 5.96. The molecule has 0 aliphatic carbocycles. The van der Waals surface area contributed by atoms with Gasteiger partial charge in [0, 0.05) is 12.5 Å². The van der Waals surface area contributed by atoms with Gasteiger partial charge in [0.1, 0.15) is 18.3 Å². The first-order valence-electron chi connectivity index (χ1n) is 11.2. The number of ketones is 1. The van der Waals surface area contributed by atoms with Crippen molar-refractivity contribution < 1.29 is 24.5 Å². The zero-order valence-electron chi connectivity index (χ0n) is 17.7. The second kappa shape index (κ2) is 14.5. The Morgan fingerprint density at radius 2 is 1.44 bits per heavy atom. The van der Waals surface area contributed by atoms with Gasteiger partial charge in [0.2, 0.25) is 0 Å². The summed E-state index contributed by atoms with van der Waals surface area (Å²) < 4.78 is 11.2. The summed E-state index contributed by atoms with van der Waals surface area (Å²) in [7, 11) is 0. The van der Waals surface area contributed by atoms with Gasteiger partial charge in [-0.15, -0.1) is 0 Å². The number of rotatable bonds is 16. The molecule has 5 heteroatoms. The van der Waals surface area contributed by atoms with Crippen molar-refractivity contribution in [2.45, 2.75) is 122 Å². The summed E-state index contributed by atoms with van der Waals surface area (Å²) in [5.41, 5.74) is 0. The van der Waals surface area contributed by atoms with Crippen LogP contribution in [-0.4, -0.2) is 47.2 Å². The van der Waals surface area contributed by atoms with E-state index in [1.807, 2.05) is 0 Å². The Morgan fingerprint density at radius 1 is 0.963 bits per heavy atom. The molecule has 1 fully saturated rings. The van der Waals surface area contributed by atoms with E-state index in [1.54, 1.807) is 6.92 Å². The Balaban J connectivity index is 1.98. The lowest BCUT2D eigenvalue weighted by molar-refractivity contribution is -0.174. The van der Waals surface area contributed by atoms with Crippen LogP contribution >= 0.6 is 0 Å². The SMILES string of the molecule is CCCCCCCCCCCCCCOC1OC(C(=O)C(C)O)C(C)C1O. The number of unbranched alkanes of at least 4 members (excludes halogenated alkanes) is 11. The van der Waals surface area contributed by atoms with Crippen LogP contribution in [0.4, 0.5) is 0 Å². The minimum Gasteiger partial charge on any atom is -0.387 e. The number of carbonyl (C=O) groups is 1. The fourth-order valence-electron chi connectivity index (χ4n) is 3.62. The quantitative estimate of drug-likeness (QED) is 0.385. The average molecular weight is 387 g/mol. The van der Waals surface area contributed by atoms with Gasteiger partial charge in [-0.3, -0.25) is 4.79 Å². The van der Waals surface area contributed by atoms with Crippen LogP contribution in [-0.2, 0) is 14.3 Å². The lowest BCUT2D eigenvalue weighted by atomic mass is 9.96. The average Bonchev–Trinajstić information content (AvgIpc) is 2.93. The molecule has 2 N–H and O–H groups in total. The molecule has 5 atom stereocenters. The third-order valence-electron chi connectivity index (χ3n) is 5.55. The molecule has 1 rings (SSSR count). The van der Waals surface area contributed by atoms with Gasteiger partial charge in [-0.25, -0.2) is 0 Å². The van der Waals surface area contributed by atoms with Gasteiger partial charge in [0.05, 0.1) is 0 Å². The van der Waals surface area contributed by atoms with Gasteiger partial charge in [0.15, 0.2) is 12.1 Å². The first-order chi connectivity index (χ1) is 13.0. The van der Waals surface area contributed by atoms with Crippen LogP contribution in [0.3, 0.4) is 0 Å². The molecule has 5 nitrogen and oxygen atoms in total. The second-order valence-corrected chi connectivity index (χ2v) is 8.11. The first-order valence-corrected chi connectivity index (χ1v) is 11.2. The molecule has 1 saturated heterocycles. The molecule has 160 valence electrons. The predicted octanol–water partition coefficient (Wildman–Crippen LogP) is 4.38. The van der Waals surface area contributed by atoms with E-state index in [-0.39, 0.29) is 5.92 Å². The van der Waals surface area contributed by atoms with E-state index in [9.17, 15) is 15.0 Å². The van der Waals surface area contributed by atoms with Crippen LogP contribution < -0.4 is 0 Å². The lowest BCUT2D eigenvalue weighted by Crippen LogP contribution is -2.35. The van der Waals surface area contributed by atoms with E-state index >= 15 is 0 Å².